The van der Waals surface area contributed by atoms with Crippen LogP contribution in [0.3, 0.4) is 0 Å². The van der Waals surface area contributed by atoms with E-state index in [0.717, 1.165) is 18.0 Å². The second-order valence-corrected chi connectivity index (χ2v) is 9.40. The zero-order valence-corrected chi connectivity index (χ0v) is 19.4. The number of hydrogen-bond acceptors (Lipinski definition) is 5. The van der Waals surface area contributed by atoms with Gasteiger partial charge in [-0.15, -0.1) is 34.2 Å². The molecular weight excluding hydrogens is 479 g/mol. The topological polar surface area (TPSA) is 101 Å². The fourth-order valence-electron chi connectivity index (χ4n) is 2.36. The van der Waals surface area contributed by atoms with Gasteiger partial charge in [-0.3, -0.25) is 4.40 Å². The van der Waals surface area contributed by atoms with Crippen molar-refractivity contribution in [1.29, 1.82) is 0 Å². The Labute approximate surface area is 178 Å². The molecule has 0 unspecified atom stereocenters. The lowest BCUT2D eigenvalue weighted by Crippen LogP contribution is -2.42. The monoisotopic (exact) mass is 508 g/mol. The molecular formula is C17H29IN6O2S. The quantitative estimate of drug-likeness (QED) is 0.321. The number of halogens is 1. The van der Waals surface area contributed by atoms with Crippen LogP contribution < -0.4 is 10.6 Å². The predicted molar refractivity (Wildman–Crippen MR) is 119 cm³/mol. The Morgan fingerprint density at radius 2 is 2.00 bits per heavy atom. The first-order valence-electron chi connectivity index (χ1n) is 8.69. The van der Waals surface area contributed by atoms with Crippen molar-refractivity contribution in [2.75, 3.05) is 25.1 Å². The van der Waals surface area contributed by atoms with Crippen LogP contribution >= 0.6 is 24.0 Å². The molecule has 0 saturated carbocycles. The highest BCUT2D eigenvalue weighted by Gasteiger charge is 2.20. The van der Waals surface area contributed by atoms with E-state index in [1.165, 1.54) is 6.26 Å². The Morgan fingerprint density at radius 1 is 1.26 bits per heavy atom. The Morgan fingerprint density at radius 3 is 2.67 bits per heavy atom. The summed E-state index contributed by atoms with van der Waals surface area (Å²) in [4.78, 5) is 4.57. The van der Waals surface area contributed by atoms with Crippen molar-refractivity contribution in [3.05, 3.63) is 30.2 Å². The SMILES string of the molecule is CCNC(=NCc1nnc2ccccn12)NCC(C)(C)CCS(C)(=O)=O.I. The van der Waals surface area contributed by atoms with Crippen molar-refractivity contribution in [3.8, 4) is 0 Å². The Balaban J connectivity index is 0.00000364. The number of aromatic nitrogens is 3. The minimum Gasteiger partial charge on any atom is -0.357 e. The number of aliphatic imine (C=N–C) groups is 1. The summed E-state index contributed by atoms with van der Waals surface area (Å²) in [5.74, 6) is 1.61. The van der Waals surface area contributed by atoms with Gasteiger partial charge < -0.3 is 10.6 Å². The Kier molecular flexibility index (Phi) is 8.92. The van der Waals surface area contributed by atoms with Crippen LogP contribution in [0.25, 0.3) is 5.65 Å². The summed E-state index contributed by atoms with van der Waals surface area (Å²) in [7, 11) is -2.96. The van der Waals surface area contributed by atoms with Crippen LogP contribution in [0.2, 0.25) is 0 Å². The third-order valence-electron chi connectivity index (χ3n) is 3.99. The molecule has 0 fully saturated rings. The first-order chi connectivity index (χ1) is 12.2. The lowest BCUT2D eigenvalue weighted by Gasteiger charge is -2.25. The van der Waals surface area contributed by atoms with Crippen molar-refractivity contribution in [2.45, 2.75) is 33.7 Å². The molecule has 2 N–H and O–H groups in total. The van der Waals surface area contributed by atoms with Crippen LogP contribution in [0.1, 0.15) is 33.0 Å². The Hall–Kier alpha value is -1.43. The van der Waals surface area contributed by atoms with Gasteiger partial charge in [0.25, 0.3) is 0 Å². The summed E-state index contributed by atoms with van der Waals surface area (Å²) >= 11 is 0. The lowest BCUT2D eigenvalue weighted by atomic mass is 9.90. The molecule has 0 atom stereocenters. The van der Waals surface area contributed by atoms with Gasteiger partial charge in [0.05, 0.1) is 5.75 Å². The average Bonchev–Trinajstić information content (AvgIpc) is 2.98. The van der Waals surface area contributed by atoms with Crippen LogP contribution in [0.5, 0.6) is 0 Å². The largest absolute Gasteiger partial charge is 0.357 e. The van der Waals surface area contributed by atoms with Crippen LogP contribution in [0.4, 0.5) is 0 Å². The van der Waals surface area contributed by atoms with Crippen molar-refractivity contribution in [2.24, 2.45) is 10.4 Å². The number of rotatable bonds is 8. The number of guanidine groups is 1. The number of fused-ring (bicyclic) bond motifs is 1. The van der Waals surface area contributed by atoms with Crippen molar-refractivity contribution < 1.29 is 8.42 Å². The highest BCUT2D eigenvalue weighted by molar-refractivity contribution is 14.0. The Bertz CT molecular complexity index is 863. The number of nitrogens with one attached hydrogen (secondary N) is 2. The zero-order chi connectivity index (χ0) is 19.2. The molecule has 0 amide bonds. The molecule has 0 saturated heterocycles. The van der Waals surface area contributed by atoms with E-state index in [4.69, 9.17) is 0 Å². The summed E-state index contributed by atoms with van der Waals surface area (Å²) in [6.45, 7) is 7.83. The maximum Gasteiger partial charge on any atom is 0.191 e. The average molecular weight is 508 g/mol. The molecule has 10 heteroatoms. The van der Waals surface area contributed by atoms with E-state index in [1.54, 1.807) is 0 Å². The molecule has 2 heterocycles. The first-order valence-corrected chi connectivity index (χ1v) is 10.7. The molecule has 2 rings (SSSR count). The second kappa shape index (κ2) is 10.2. The van der Waals surface area contributed by atoms with Gasteiger partial charge in [-0.25, -0.2) is 13.4 Å². The summed E-state index contributed by atoms with van der Waals surface area (Å²) < 4.78 is 24.7. The molecule has 0 aliphatic heterocycles. The van der Waals surface area contributed by atoms with E-state index in [2.05, 4.69) is 25.8 Å². The molecule has 27 heavy (non-hydrogen) atoms. The van der Waals surface area contributed by atoms with Gasteiger partial charge in [0.1, 0.15) is 16.4 Å². The molecule has 8 nitrogen and oxygen atoms in total. The predicted octanol–water partition coefficient (Wildman–Crippen LogP) is 1.86. The number of nitrogens with zero attached hydrogens (tertiary/aromatic N) is 4. The summed E-state index contributed by atoms with van der Waals surface area (Å²) in [6.07, 6.45) is 3.77. The minimum atomic E-state index is -2.96. The molecule has 0 bridgehead atoms. The van der Waals surface area contributed by atoms with Gasteiger partial charge in [-0.2, -0.15) is 0 Å². The molecule has 0 aromatic carbocycles. The fourth-order valence-corrected chi connectivity index (χ4v) is 3.29. The van der Waals surface area contributed by atoms with Crippen LogP contribution in [0.15, 0.2) is 29.4 Å². The van der Waals surface area contributed by atoms with Gasteiger partial charge in [0.15, 0.2) is 17.4 Å². The highest BCUT2D eigenvalue weighted by Crippen LogP contribution is 2.19. The molecule has 0 aliphatic carbocycles. The molecule has 0 aliphatic rings. The van der Waals surface area contributed by atoms with Crippen molar-refractivity contribution >= 4 is 45.4 Å². The van der Waals surface area contributed by atoms with E-state index < -0.39 is 9.84 Å². The smallest absolute Gasteiger partial charge is 0.191 e. The zero-order valence-electron chi connectivity index (χ0n) is 16.3. The van der Waals surface area contributed by atoms with Crippen LogP contribution in [0, 0.1) is 5.41 Å². The molecule has 2 aromatic rings. The maximum absolute atomic E-state index is 11.4. The number of pyridine rings is 1. The van der Waals surface area contributed by atoms with Crippen LogP contribution in [-0.2, 0) is 16.4 Å². The van der Waals surface area contributed by atoms with Gasteiger partial charge in [0, 0.05) is 25.5 Å². The van der Waals surface area contributed by atoms with E-state index >= 15 is 0 Å². The summed E-state index contributed by atoms with van der Waals surface area (Å²) in [5, 5.41) is 14.8. The summed E-state index contributed by atoms with van der Waals surface area (Å²) in [6, 6.07) is 5.74. The second-order valence-electron chi connectivity index (χ2n) is 7.14. The van der Waals surface area contributed by atoms with E-state index in [1.807, 2.05) is 49.6 Å². The van der Waals surface area contributed by atoms with Gasteiger partial charge in [-0.05, 0) is 30.9 Å². The number of hydrogen-bond donors (Lipinski definition) is 2. The van der Waals surface area contributed by atoms with E-state index in [0.29, 0.717) is 25.5 Å². The molecule has 0 radical (unpaired) electrons. The normalized spacial score (nSPS) is 12.7. The van der Waals surface area contributed by atoms with Crippen molar-refractivity contribution in [1.82, 2.24) is 25.2 Å². The van der Waals surface area contributed by atoms with Crippen molar-refractivity contribution in [3.63, 3.8) is 0 Å². The van der Waals surface area contributed by atoms with Gasteiger partial charge in [0.2, 0.25) is 0 Å². The lowest BCUT2D eigenvalue weighted by molar-refractivity contribution is 0.348. The van der Waals surface area contributed by atoms with Gasteiger partial charge in [-0.1, -0.05) is 19.9 Å². The molecule has 2 aromatic heterocycles. The minimum absolute atomic E-state index is 0. The van der Waals surface area contributed by atoms with Crippen LogP contribution in [-0.4, -0.2) is 54.1 Å². The first kappa shape index (κ1) is 23.6. The third-order valence-corrected chi connectivity index (χ3v) is 4.94. The highest BCUT2D eigenvalue weighted by atomic mass is 127. The van der Waals surface area contributed by atoms with E-state index in [-0.39, 0.29) is 35.1 Å². The summed E-state index contributed by atoms with van der Waals surface area (Å²) in [5.41, 5.74) is 0.624. The molecule has 0 spiro atoms. The number of sulfone groups is 1. The third kappa shape index (κ3) is 7.99. The standard InChI is InChI=1S/C17H28N6O2S.HI/c1-5-18-16(20-13-17(2,3)9-11-26(4,24)25)19-12-15-22-21-14-8-6-7-10-23(14)15;/h6-8,10H,5,9,11-13H2,1-4H3,(H2,18,19,20);1H. The molecule has 152 valence electrons. The van der Waals surface area contributed by atoms with E-state index in [9.17, 15) is 8.42 Å². The van der Waals surface area contributed by atoms with Gasteiger partial charge >= 0.3 is 0 Å². The maximum atomic E-state index is 11.4. The fraction of sp³-hybridized carbons (Fsp3) is 0.588.